The number of benzene rings is 1. The largest absolute Gasteiger partial charge is 0.497 e. The smallest absolute Gasteiger partial charge is 0.256 e. The first kappa shape index (κ1) is 18.3. The van der Waals surface area contributed by atoms with Gasteiger partial charge in [-0.3, -0.25) is 9.59 Å². The highest BCUT2D eigenvalue weighted by Gasteiger charge is 2.28. The average molecular weight is 342 g/mol. The molecular weight excluding hydrogens is 320 g/mol. The van der Waals surface area contributed by atoms with Gasteiger partial charge in [-0.05, 0) is 25.1 Å². The monoisotopic (exact) mass is 342 g/mol. The summed E-state index contributed by atoms with van der Waals surface area (Å²) in [6.07, 6.45) is 4.82. The van der Waals surface area contributed by atoms with Crippen LogP contribution in [-0.4, -0.2) is 37.5 Å². The van der Waals surface area contributed by atoms with E-state index in [0.29, 0.717) is 22.8 Å². The fourth-order valence-electron chi connectivity index (χ4n) is 2.61. The predicted molar refractivity (Wildman–Crippen MR) is 95.1 cm³/mol. The molecule has 1 saturated heterocycles. The molecule has 1 heterocycles. The van der Waals surface area contributed by atoms with Crippen LogP contribution < -0.4 is 14.8 Å². The van der Waals surface area contributed by atoms with Gasteiger partial charge in [-0.25, -0.2) is 0 Å². The molecule has 6 heteroatoms. The number of hydrogen-bond donors (Lipinski definition) is 1. The molecule has 1 fully saturated rings. The molecule has 6 nitrogen and oxygen atoms in total. The van der Waals surface area contributed by atoms with Gasteiger partial charge in [0.15, 0.2) is 0 Å². The van der Waals surface area contributed by atoms with Crippen molar-refractivity contribution in [2.24, 2.45) is 0 Å². The zero-order valence-electron chi connectivity index (χ0n) is 14.7. The number of carbonyl (C=O) groups excluding carboxylic acids is 2. The highest BCUT2D eigenvalue weighted by Crippen LogP contribution is 2.27. The second-order valence-corrected chi connectivity index (χ2v) is 5.41. The molecule has 1 aliphatic rings. The van der Waals surface area contributed by atoms with E-state index in [1.54, 1.807) is 45.4 Å². The van der Waals surface area contributed by atoms with E-state index in [4.69, 9.17) is 9.47 Å². The highest BCUT2D eigenvalue weighted by atomic mass is 16.5. The standard InChI is InChI=1S/C19H22N2O4/c1-5-7-15-16(6-2)20-18(22)12-21(19(15)23)11-13-8-9-14(24-3)10-17(13)25-4/h5-10H,1,11-12H2,2-4H3,(H,20,22)/b15-7+,16-6+. The number of amides is 2. The van der Waals surface area contributed by atoms with Crippen molar-refractivity contribution in [3.63, 3.8) is 0 Å². The summed E-state index contributed by atoms with van der Waals surface area (Å²) >= 11 is 0. The van der Waals surface area contributed by atoms with Gasteiger partial charge in [0.05, 0.1) is 26.3 Å². The number of allylic oxidation sites excluding steroid dienone is 3. The van der Waals surface area contributed by atoms with Crippen LogP contribution in [0.4, 0.5) is 0 Å². The molecule has 0 bridgehead atoms. The Bertz CT molecular complexity index is 750. The van der Waals surface area contributed by atoms with Gasteiger partial charge in [-0.2, -0.15) is 0 Å². The fraction of sp³-hybridized carbons (Fsp3) is 0.263. The van der Waals surface area contributed by atoms with E-state index in [0.717, 1.165) is 5.56 Å². The van der Waals surface area contributed by atoms with Crippen molar-refractivity contribution in [3.05, 3.63) is 59.8 Å². The lowest BCUT2D eigenvalue weighted by atomic mass is 10.1. The Kier molecular flexibility index (Phi) is 6.00. The SMILES string of the molecule is C=C/C=C1/C(=O)N(Cc2ccc(OC)cc2OC)CC(=O)N/C1=C/C. The minimum atomic E-state index is -0.249. The van der Waals surface area contributed by atoms with Crippen LogP contribution in [-0.2, 0) is 16.1 Å². The summed E-state index contributed by atoms with van der Waals surface area (Å²) in [5.41, 5.74) is 1.67. The van der Waals surface area contributed by atoms with E-state index >= 15 is 0 Å². The maximum Gasteiger partial charge on any atom is 0.256 e. The Labute approximate surface area is 147 Å². The molecule has 2 rings (SSSR count). The third kappa shape index (κ3) is 4.09. The van der Waals surface area contributed by atoms with Crippen LogP contribution in [0, 0.1) is 0 Å². The van der Waals surface area contributed by atoms with Gasteiger partial charge in [-0.15, -0.1) is 0 Å². The zero-order valence-corrected chi connectivity index (χ0v) is 14.7. The normalized spacial score (nSPS) is 18.1. The Morgan fingerprint density at radius 2 is 2.04 bits per heavy atom. The van der Waals surface area contributed by atoms with E-state index < -0.39 is 0 Å². The molecule has 2 amide bonds. The minimum Gasteiger partial charge on any atom is -0.497 e. The second-order valence-electron chi connectivity index (χ2n) is 5.41. The summed E-state index contributed by atoms with van der Waals surface area (Å²) in [6.45, 7) is 5.61. The molecule has 0 atom stereocenters. The number of methoxy groups -OCH3 is 2. The van der Waals surface area contributed by atoms with Gasteiger partial charge in [0.2, 0.25) is 5.91 Å². The fourth-order valence-corrected chi connectivity index (χ4v) is 2.61. The van der Waals surface area contributed by atoms with E-state index in [9.17, 15) is 9.59 Å². The summed E-state index contributed by atoms with van der Waals surface area (Å²) < 4.78 is 10.6. The molecular formula is C19H22N2O4. The van der Waals surface area contributed by atoms with Crippen LogP contribution in [0.2, 0.25) is 0 Å². The molecule has 0 saturated carbocycles. The summed E-state index contributed by atoms with van der Waals surface area (Å²) in [5.74, 6) is 0.756. The Morgan fingerprint density at radius 3 is 2.64 bits per heavy atom. The summed E-state index contributed by atoms with van der Waals surface area (Å²) in [4.78, 5) is 26.5. The molecule has 0 unspecified atom stereocenters. The van der Waals surface area contributed by atoms with Gasteiger partial charge in [0.25, 0.3) is 5.91 Å². The van der Waals surface area contributed by atoms with Crippen LogP contribution in [0.3, 0.4) is 0 Å². The number of nitrogens with zero attached hydrogens (tertiary/aromatic N) is 1. The Balaban J connectivity index is 2.38. The first-order valence-corrected chi connectivity index (χ1v) is 7.83. The quantitative estimate of drug-likeness (QED) is 0.833. The van der Waals surface area contributed by atoms with Gasteiger partial charge < -0.3 is 19.7 Å². The first-order chi connectivity index (χ1) is 12.0. The number of ether oxygens (including phenoxy) is 2. The van der Waals surface area contributed by atoms with Gasteiger partial charge in [-0.1, -0.05) is 18.7 Å². The molecule has 0 aliphatic carbocycles. The second kappa shape index (κ2) is 8.19. The zero-order chi connectivity index (χ0) is 18.4. The first-order valence-electron chi connectivity index (χ1n) is 7.83. The third-order valence-electron chi connectivity index (χ3n) is 3.84. The van der Waals surface area contributed by atoms with Gasteiger partial charge in [0.1, 0.15) is 18.0 Å². The van der Waals surface area contributed by atoms with E-state index in [2.05, 4.69) is 11.9 Å². The van der Waals surface area contributed by atoms with Crippen molar-refractivity contribution >= 4 is 11.8 Å². The summed E-state index contributed by atoms with van der Waals surface area (Å²) in [7, 11) is 3.12. The lowest BCUT2D eigenvalue weighted by molar-refractivity contribution is -0.131. The van der Waals surface area contributed by atoms with Crippen LogP contribution in [0.1, 0.15) is 12.5 Å². The topological polar surface area (TPSA) is 67.9 Å². The predicted octanol–water partition coefficient (Wildman–Crippen LogP) is 2.18. The molecule has 132 valence electrons. The van der Waals surface area contributed by atoms with Gasteiger partial charge >= 0.3 is 0 Å². The van der Waals surface area contributed by atoms with Crippen molar-refractivity contribution in [2.75, 3.05) is 20.8 Å². The van der Waals surface area contributed by atoms with Crippen molar-refractivity contribution in [2.45, 2.75) is 13.5 Å². The molecule has 1 N–H and O–H groups in total. The summed E-state index contributed by atoms with van der Waals surface area (Å²) in [5, 5.41) is 2.75. The maximum atomic E-state index is 12.9. The van der Waals surface area contributed by atoms with Crippen molar-refractivity contribution in [3.8, 4) is 11.5 Å². The minimum absolute atomic E-state index is 0.0418. The number of rotatable bonds is 5. The van der Waals surface area contributed by atoms with Gasteiger partial charge in [0, 0.05) is 17.3 Å². The van der Waals surface area contributed by atoms with E-state index in [1.807, 2.05) is 6.07 Å². The number of carbonyl (C=O) groups is 2. The molecule has 0 radical (unpaired) electrons. The van der Waals surface area contributed by atoms with Crippen LogP contribution in [0.5, 0.6) is 11.5 Å². The Morgan fingerprint density at radius 1 is 1.28 bits per heavy atom. The van der Waals surface area contributed by atoms with E-state index in [1.165, 1.54) is 11.0 Å². The molecule has 1 aliphatic heterocycles. The third-order valence-corrected chi connectivity index (χ3v) is 3.84. The molecule has 1 aromatic carbocycles. The molecule has 0 aromatic heterocycles. The number of hydrogen-bond acceptors (Lipinski definition) is 4. The van der Waals surface area contributed by atoms with Crippen molar-refractivity contribution in [1.29, 1.82) is 0 Å². The van der Waals surface area contributed by atoms with Crippen LogP contribution in [0.15, 0.2) is 54.3 Å². The van der Waals surface area contributed by atoms with Crippen LogP contribution in [0.25, 0.3) is 0 Å². The van der Waals surface area contributed by atoms with Crippen molar-refractivity contribution in [1.82, 2.24) is 10.2 Å². The lowest BCUT2D eigenvalue weighted by Gasteiger charge is -2.21. The van der Waals surface area contributed by atoms with E-state index in [-0.39, 0.29) is 24.9 Å². The molecule has 25 heavy (non-hydrogen) atoms. The highest BCUT2D eigenvalue weighted by molar-refractivity contribution is 6.03. The average Bonchev–Trinajstić information content (AvgIpc) is 2.73. The molecule has 1 aromatic rings. The Hall–Kier alpha value is -3.02. The van der Waals surface area contributed by atoms with Crippen molar-refractivity contribution < 1.29 is 19.1 Å². The summed E-state index contributed by atoms with van der Waals surface area (Å²) in [6, 6.07) is 5.36. The van der Waals surface area contributed by atoms with Crippen LogP contribution >= 0.6 is 0 Å². The lowest BCUT2D eigenvalue weighted by Crippen LogP contribution is -2.35. The number of nitrogens with one attached hydrogen (secondary N) is 1. The molecule has 0 spiro atoms. The maximum absolute atomic E-state index is 12.9.